The fraction of sp³-hybridized carbons (Fsp3) is 0.364. The minimum Gasteiger partial charge on any atom is -0.394 e. The van der Waals surface area contributed by atoms with Crippen molar-refractivity contribution in [2.24, 2.45) is 11.8 Å². The molecule has 218 valence electrons. The Bertz CT molecular complexity index is 1430. The molecule has 9 heteroatoms. The molecule has 42 heavy (non-hydrogen) atoms. The van der Waals surface area contributed by atoms with Gasteiger partial charge in [0, 0.05) is 23.2 Å². The molecular weight excluding hydrogens is 614 g/mol. The van der Waals surface area contributed by atoms with Crippen LogP contribution in [0.5, 0.6) is 0 Å². The summed E-state index contributed by atoms with van der Waals surface area (Å²) in [5.74, 6) is -1.89. The molecule has 0 saturated carbocycles. The third kappa shape index (κ3) is 5.27. The second kappa shape index (κ2) is 12.2. The number of carbonyl (C=O) groups excluding carboxylic acids is 3. The van der Waals surface area contributed by atoms with Crippen molar-refractivity contribution >= 4 is 45.4 Å². The molecule has 3 unspecified atom stereocenters. The third-order valence-corrected chi connectivity index (χ3v) is 12.0. The predicted molar refractivity (Wildman–Crippen MR) is 167 cm³/mol. The molecule has 7 nitrogen and oxygen atoms in total. The van der Waals surface area contributed by atoms with Gasteiger partial charge < -0.3 is 20.6 Å². The van der Waals surface area contributed by atoms with E-state index in [1.54, 1.807) is 16.7 Å². The minimum absolute atomic E-state index is 0.0231. The standard InChI is InChI=1S/C33H34BrN3O4S/c34-25-17-33-27(26(28(25)42-33)30(39)35-18-22-12-6-2-7-13-22)32(41)37(24(20-38)16-21-10-4-1-5-11-21)29(33)31(40)36-19-23-14-8-3-9-15-23/h1-15,24-29,38H,16-20H2,(H,35,39)(H,36,40)/t24-,25?,26-,27+,28-,29?,33?/m1/s1. The van der Waals surface area contributed by atoms with Gasteiger partial charge in [0.1, 0.15) is 6.04 Å². The minimum atomic E-state index is -0.818. The molecule has 7 atom stereocenters. The molecule has 3 aliphatic rings. The van der Waals surface area contributed by atoms with Crippen molar-refractivity contribution in [3.8, 4) is 0 Å². The molecule has 3 amide bonds. The van der Waals surface area contributed by atoms with E-state index in [2.05, 4.69) is 26.6 Å². The summed E-state index contributed by atoms with van der Waals surface area (Å²) in [5.41, 5.74) is 2.90. The van der Waals surface area contributed by atoms with E-state index in [-0.39, 0.29) is 34.4 Å². The Labute approximate surface area is 258 Å². The van der Waals surface area contributed by atoms with Gasteiger partial charge >= 0.3 is 0 Å². The molecule has 2 bridgehead atoms. The number of rotatable bonds is 10. The first-order valence-corrected chi connectivity index (χ1v) is 16.1. The van der Waals surface area contributed by atoms with Crippen LogP contribution in [0.1, 0.15) is 23.1 Å². The van der Waals surface area contributed by atoms with Gasteiger partial charge in [-0.3, -0.25) is 14.4 Å². The summed E-state index contributed by atoms with van der Waals surface area (Å²) in [6.45, 7) is 0.406. The number of aliphatic hydroxyl groups is 1. The number of carbonyl (C=O) groups is 3. The number of benzene rings is 3. The van der Waals surface area contributed by atoms with E-state index in [9.17, 15) is 19.5 Å². The molecule has 3 heterocycles. The van der Waals surface area contributed by atoms with Crippen LogP contribution in [0.3, 0.4) is 0 Å². The van der Waals surface area contributed by atoms with Gasteiger partial charge in [0.05, 0.1) is 29.2 Å². The van der Waals surface area contributed by atoms with E-state index in [1.165, 1.54) is 0 Å². The van der Waals surface area contributed by atoms with Crippen LogP contribution in [0.25, 0.3) is 0 Å². The van der Waals surface area contributed by atoms with Gasteiger partial charge in [-0.15, -0.1) is 11.8 Å². The number of fused-ring (bicyclic) bond motifs is 1. The van der Waals surface area contributed by atoms with Crippen LogP contribution in [0.4, 0.5) is 0 Å². The summed E-state index contributed by atoms with van der Waals surface area (Å²) in [6.07, 6.45) is 0.996. The number of amides is 3. The van der Waals surface area contributed by atoms with Gasteiger partial charge in [-0.1, -0.05) is 107 Å². The summed E-state index contributed by atoms with van der Waals surface area (Å²) in [7, 11) is 0. The summed E-state index contributed by atoms with van der Waals surface area (Å²) in [4.78, 5) is 44.0. The normalized spacial score (nSPS) is 28.4. The Morgan fingerprint density at radius 2 is 1.40 bits per heavy atom. The molecule has 3 saturated heterocycles. The van der Waals surface area contributed by atoms with E-state index in [0.717, 1.165) is 16.7 Å². The molecule has 0 aromatic heterocycles. The van der Waals surface area contributed by atoms with Crippen LogP contribution in [-0.2, 0) is 33.9 Å². The first kappa shape index (κ1) is 29.0. The average Bonchev–Trinajstić information content (AvgIpc) is 3.62. The first-order valence-electron chi connectivity index (χ1n) is 14.3. The lowest BCUT2D eigenvalue weighted by Crippen LogP contribution is -2.57. The van der Waals surface area contributed by atoms with Crippen molar-refractivity contribution < 1.29 is 19.5 Å². The summed E-state index contributed by atoms with van der Waals surface area (Å²) >= 11 is 5.42. The van der Waals surface area contributed by atoms with Crippen molar-refractivity contribution in [2.75, 3.05) is 6.61 Å². The molecule has 1 spiro atoms. The SMILES string of the molecule is O=C(NCc1ccccc1)C1N([C@@H](CO)Cc2ccccc2)C(=O)[C@@H]2[C@@H](C(=O)NCc3ccccc3)[C@@H]3SC12CC3Br. The van der Waals surface area contributed by atoms with E-state index in [4.69, 9.17) is 0 Å². The van der Waals surface area contributed by atoms with E-state index < -0.39 is 28.7 Å². The number of halogens is 1. The Hall–Kier alpha value is -3.14. The van der Waals surface area contributed by atoms with Crippen LogP contribution >= 0.6 is 27.7 Å². The Morgan fingerprint density at radius 3 is 1.95 bits per heavy atom. The van der Waals surface area contributed by atoms with Crippen LogP contribution in [-0.4, -0.2) is 61.2 Å². The van der Waals surface area contributed by atoms with Crippen molar-refractivity contribution in [2.45, 2.75) is 52.8 Å². The van der Waals surface area contributed by atoms with Crippen molar-refractivity contribution in [3.63, 3.8) is 0 Å². The quantitative estimate of drug-likeness (QED) is 0.292. The highest BCUT2D eigenvalue weighted by Gasteiger charge is 2.76. The second-order valence-corrected chi connectivity index (χ2v) is 14.1. The number of likely N-dealkylation sites (tertiary alicyclic amines) is 1. The average molecular weight is 649 g/mol. The lowest BCUT2D eigenvalue weighted by molar-refractivity contribution is -0.142. The Balaban J connectivity index is 1.33. The molecule has 3 aliphatic heterocycles. The summed E-state index contributed by atoms with van der Waals surface area (Å²) < 4.78 is -0.782. The number of aliphatic hydroxyl groups excluding tert-OH is 1. The van der Waals surface area contributed by atoms with E-state index in [1.807, 2.05) is 91.0 Å². The van der Waals surface area contributed by atoms with Gasteiger partial charge in [-0.05, 0) is 29.5 Å². The van der Waals surface area contributed by atoms with E-state index >= 15 is 0 Å². The molecule has 3 aromatic carbocycles. The molecule has 6 rings (SSSR count). The highest BCUT2D eigenvalue weighted by atomic mass is 79.9. The van der Waals surface area contributed by atoms with Crippen LogP contribution < -0.4 is 10.6 Å². The number of hydrogen-bond acceptors (Lipinski definition) is 5. The van der Waals surface area contributed by atoms with Crippen LogP contribution in [0.15, 0.2) is 91.0 Å². The maximum absolute atomic E-state index is 14.5. The second-order valence-electron chi connectivity index (χ2n) is 11.3. The zero-order valence-electron chi connectivity index (χ0n) is 23.1. The maximum atomic E-state index is 14.5. The smallest absolute Gasteiger partial charge is 0.244 e. The zero-order chi connectivity index (χ0) is 29.3. The van der Waals surface area contributed by atoms with Gasteiger partial charge in [0.25, 0.3) is 0 Å². The number of nitrogens with one attached hydrogen (secondary N) is 2. The topological polar surface area (TPSA) is 98.7 Å². The fourth-order valence-electron chi connectivity index (χ4n) is 6.98. The maximum Gasteiger partial charge on any atom is 0.244 e. The summed E-state index contributed by atoms with van der Waals surface area (Å²) in [6, 6.07) is 27.6. The highest BCUT2D eigenvalue weighted by molar-refractivity contribution is 9.09. The molecular formula is C33H34BrN3O4S. The van der Waals surface area contributed by atoms with E-state index in [0.29, 0.717) is 25.9 Å². The summed E-state index contributed by atoms with van der Waals surface area (Å²) in [5, 5.41) is 16.6. The van der Waals surface area contributed by atoms with Crippen molar-refractivity contribution in [1.82, 2.24) is 15.5 Å². The van der Waals surface area contributed by atoms with Gasteiger partial charge in [0.15, 0.2) is 0 Å². The number of hydrogen-bond donors (Lipinski definition) is 3. The van der Waals surface area contributed by atoms with Gasteiger partial charge in [0.2, 0.25) is 17.7 Å². The molecule has 3 aromatic rings. The molecule has 3 fully saturated rings. The van der Waals surface area contributed by atoms with Crippen LogP contribution in [0, 0.1) is 11.8 Å². The monoisotopic (exact) mass is 647 g/mol. The number of thioether (sulfide) groups is 1. The molecule has 0 aliphatic carbocycles. The van der Waals surface area contributed by atoms with Gasteiger partial charge in [-0.2, -0.15) is 0 Å². The van der Waals surface area contributed by atoms with Crippen molar-refractivity contribution in [1.29, 1.82) is 0 Å². The largest absolute Gasteiger partial charge is 0.394 e. The Kier molecular flexibility index (Phi) is 8.43. The molecule has 3 N–H and O–H groups in total. The first-order chi connectivity index (χ1) is 20.4. The molecule has 0 radical (unpaired) electrons. The van der Waals surface area contributed by atoms with Gasteiger partial charge in [-0.25, -0.2) is 0 Å². The number of nitrogens with zero attached hydrogens (tertiary/aromatic N) is 1. The fourth-order valence-corrected chi connectivity index (χ4v) is 10.6. The predicted octanol–water partition coefficient (Wildman–Crippen LogP) is 3.69. The van der Waals surface area contributed by atoms with Crippen molar-refractivity contribution in [3.05, 3.63) is 108 Å². The lowest BCUT2D eigenvalue weighted by Gasteiger charge is -2.37. The highest BCUT2D eigenvalue weighted by Crippen LogP contribution is 2.68. The third-order valence-electron chi connectivity index (χ3n) is 8.82. The van der Waals surface area contributed by atoms with Crippen LogP contribution in [0.2, 0.25) is 0 Å². The number of alkyl halides is 1. The lowest BCUT2D eigenvalue weighted by atomic mass is 9.70. The Morgan fingerprint density at radius 1 is 0.881 bits per heavy atom. The zero-order valence-corrected chi connectivity index (χ0v) is 25.5.